The number of nitrogens with zero attached hydrogens (tertiary/aromatic N) is 2. The first-order chi connectivity index (χ1) is 11.4. The predicted molar refractivity (Wildman–Crippen MR) is 88.8 cm³/mol. The molecule has 1 aliphatic heterocycles. The molecule has 1 aromatic rings. The van der Waals surface area contributed by atoms with E-state index in [2.05, 4.69) is 15.9 Å². The minimum Gasteiger partial charge on any atom is -0.480 e. The lowest BCUT2D eigenvalue weighted by atomic mass is 9.84. The van der Waals surface area contributed by atoms with Crippen molar-refractivity contribution < 1.29 is 19.6 Å². The van der Waals surface area contributed by atoms with Crippen LogP contribution in [0, 0.1) is 16.0 Å². The van der Waals surface area contributed by atoms with E-state index in [1.807, 2.05) is 0 Å². The Bertz CT molecular complexity index is 708. The largest absolute Gasteiger partial charge is 0.480 e. The van der Waals surface area contributed by atoms with Crippen molar-refractivity contribution >= 4 is 33.5 Å². The second kappa shape index (κ2) is 6.51. The maximum atomic E-state index is 13.0. The first-order valence-corrected chi connectivity index (χ1v) is 8.68. The average Bonchev–Trinajstić information content (AvgIpc) is 2.93. The summed E-state index contributed by atoms with van der Waals surface area (Å²) in [6, 6.07) is 3.08. The number of hydrogen-bond acceptors (Lipinski definition) is 4. The molecule has 1 saturated carbocycles. The smallest absolute Gasteiger partial charge is 0.326 e. The van der Waals surface area contributed by atoms with E-state index in [4.69, 9.17) is 0 Å². The fourth-order valence-corrected chi connectivity index (χ4v) is 4.41. The van der Waals surface area contributed by atoms with Gasteiger partial charge in [-0.1, -0.05) is 28.8 Å². The standard InChI is InChI=1S/C16H17BrN2O5/c17-11-5-10(6-12(8-11)19(23)24)15(20)18-13-4-2-1-3-9(13)7-14(18)16(21)22/h5-6,8-9,13-14H,1-4,7H2,(H,21,22). The number of carboxylic acids is 1. The van der Waals surface area contributed by atoms with Gasteiger partial charge in [0.1, 0.15) is 6.04 Å². The highest BCUT2D eigenvalue weighted by Crippen LogP contribution is 2.40. The Hall–Kier alpha value is -1.96. The Labute approximate surface area is 146 Å². The van der Waals surface area contributed by atoms with E-state index in [1.54, 1.807) is 0 Å². The van der Waals surface area contributed by atoms with Crippen molar-refractivity contribution in [1.29, 1.82) is 0 Å². The second-order valence-corrected chi connectivity index (χ2v) is 7.28. The molecule has 3 unspecified atom stereocenters. The normalized spacial score (nSPS) is 26.0. The van der Waals surface area contributed by atoms with Gasteiger partial charge in [-0.05, 0) is 31.2 Å². The lowest BCUT2D eigenvalue weighted by molar-refractivity contribution is -0.385. The minimum absolute atomic E-state index is 0.0922. The molecule has 2 fully saturated rings. The Balaban J connectivity index is 1.97. The molecule has 1 aromatic carbocycles. The van der Waals surface area contributed by atoms with E-state index in [0.717, 1.165) is 25.7 Å². The number of nitro benzene ring substituents is 1. The number of hydrogen-bond donors (Lipinski definition) is 1. The summed E-state index contributed by atoms with van der Waals surface area (Å²) in [5.41, 5.74) is -0.0486. The van der Waals surface area contributed by atoms with E-state index >= 15 is 0 Å². The minimum atomic E-state index is -1.01. The van der Waals surface area contributed by atoms with Crippen LogP contribution >= 0.6 is 15.9 Å². The molecular formula is C16H17BrN2O5. The number of rotatable bonds is 3. The van der Waals surface area contributed by atoms with Crippen molar-refractivity contribution in [3.05, 3.63) is 38.3 Å². The van der Waals surface area contributed by atoms with Gasteiger partial charge in [-0.25, -0.2) is 4.79 Å². The molecule has 1 amide bonds. The molecule has 1 saturated heterocycles. The summed E-state index contributed by atoms with van der Waals surface area (Å²) in [5.74, 6) is -1.26. The molecule has 1 heterocycles. The van der Waals surface area contributed by atoms with Crippen LogP contribution in [0.2, 0.25) is 0 Å². The van der Waals surface area contributed by atoms with Gasteiger partial charge in [-0.3, -0.25) is 14.9 Å². The van der Waals surface area contributed by atoms with Gasteiger partial charge in [0.15, 0.2) is 0 Å². The number of nitro groups is 1. The second-order valence-electron chi connectivity index (χ2n) is 6.37. The van der Waals surface area contributed by atoms with Crippen molar-refractivity contribution in [2.75, 3.05) is 0 Å². The monoisotopic (exact) mass is 396 g/mol. The van der Waals surface area contributed by atoms with Gasteiger partial charge in [0.2, 0.25) is 0 Å². The van der Waals surface area contributed by atoms with Crippen LogP contribution in [0.1, 0.15) is 42.5 Å². The summed E-state index contributed by atoms with van der Waals surface area (Å²) >= 11 is 3.18. The van der Waals surface area contributed by atoms with Gasteiger partial charge < -0.3 is 10.0 Å². The molecule has 1 N–H and O–H groups in total. The number of carbonyl (C=O) groups is 2. The van der Waals surface area contributed by atoms with Gasteiger partial charge in [0.25, 0.3) is 11.6 Å². The molecule has 1 aliphatic carbocycles. The molecule has 0 aromatic heterocycles. The van der Waals surface area contributed by atoms with Crippen LogP contribution in [0.3, 0.4) is 0 Å². The van der Waals surface area contributed by atoms with Crippen molar-refractivity contribution in [3.8, 4) is 0 Å². The third-order valence-corrected chi connectivity index (χ3v) is 5.41. The summed E-state index contributed by atoms with van der Waals surface area (Å²) < 4.78 is 0.423. The Kier molecular flexibility index (Phi) is 4.58. The summed E-state index contributed by atoms with van der Waals surface area (Å²) in [5, 5.41) is 20.5. The van der Waals surface area contributed by atoms with E-state index in [0.29, 0.717) is 10.9 Å². The van der Waals surface area contributed by atoms with Crippen LogP contribution in [-0.4, -0.2) is 38.9 Å². The third kappa shape index (κ3) is 3.02. The lowest BCUT2D eigenvalue weighted by Gasteiger charge is -2.33. The zero-order valence-corrected chi connectivity index (χ0v) is 14.4. The SMILES string of the molecule is O=C(O)C1CC2CCCCC2N1C(=O)c1cc(Br)cc([N+](=O)[O-])c1. The number of amides is 1. The van der Waals surface area contributed by atoms with E-state index < -0.39 is 22.8 Å². The first kappa shape index (κ1) is 16.9. The third-order valence-electron chi connectivity index (χ3n) is 4.95. The molecule has 7 nitrogen and oxygen atoms in total. The summed E-state index contributed by atoms with van der Waals surface area (Å²) in [4.78, 5) is 36.5. The van der Waals surface area contributed by atoms with E-state index in [-0.39, 0.29) is 23.2 Å². The van der Waals surface area contributed by atoms with Gasteiger partial charge in [-0.2, -0.15) is 0 Å². The van der Waals surface area contributed by atoms with Crippen LogP contribution in [0.25, 0.3) is 0 Å². The van der Waals surface area contributed by atoms with E-state index in [1.165, 1.54) is 23.1 Å². The van der Waals surface area contributed by atoms with Crippen LogP contribution < -0.4 is 0 Å². The van der Waals surface area contributed by atoms with E-state index in [9.17, 15) is 24.8 Å². The molecule has 24 heavy (non-hydrogen) atoms. The Morgan fingerprint density at radius 2 is 1.96 bits per heavy atom. The highest BCUT2D eigenvalue weighted by Gasteiger charge is 2.47. The molecular weight excluding hydrogens is 380 g/mol. The van der Waals surface area contributed by atoms with Crippen LogP contribution in [0.4, 0.5) is 5.69 Å². The van der Waals surface area contributed by atoms with Crippen molar-refractivity contribution in [1.82, 2.24) is 4.90 Å². The van der Waals surface area contributed by atoms with Gasteiger partial charge in [0.05, 0.1) is 4.92 Å². The summed E-state index contributed by atoms with van der Waals surface area (Å²) in [6.45, 7) is 0. The average molecular weight is 397 g/mol. The molecule has 0 spiro atoms. The molecule has 0 radical (unpaired) electrons. The quantitative estimate of drug-likeness (QED) is 0.624. The summed E-state index contributed by atoms with van der Waals surface area (Å²) in [6.07, 6.45) is 4.20. The number of non-ortho nitro benzene ring substituents is 1. The highest BCUT2D eigenvalue weighted by atomic mass is 79.9. The molecule has 3 rings (SSSR count). The Morgan fingerprint density at radius 1 is 1.25 bits per heavy atom. The van der Waals surface area contributed by atoms with Gasteiger partial charge in [0, 0.05) is 28.2 Å². The zero-order valence-electron chi connectivity index (χ0n) is 12.9. The van der Waals surface area contributed by atoms with Crippen LogP contribution in [0.5, 0.6) is 0 Å². The number of carboxylic acid groups (broad SMARTS) is 1. The summed E-state index contributed by atoms with van der Waals surface area (Å²) in [7, 11) is 0. The van der Waals surface area contributed by atoms with Crippen molar-refractivity contribution in [3.63, 3.8) is 0 Å². The number of carbonyl (C=O) groups excluding carboxylic acids is 1. The molecule has 2 aliphatic rings. The molecule has 128 valence electrons. The topological polar surface area (TPSA) is 101 Å². The number of aliphatic carboxylic acids is 1. The number of fused-ring (bicyclic) bond motifs is 1. The highest BCUT2D eigenvalue weighted by molar-refractivity contribution is 9.10. The Morgan fingerprint density at radius 3 is 2.62 bits per heavy atom. The molecule has 8 heteroatoms. The van der Waals surface area contributed by atoms with Crippen molar-refractivity contribution in [2.45, 2.75) is 44.2 Å². The van der Waals surface area contributed by atoms with Crippen molar-refractivity contribution in [2.24, 2.45) is 5.92 Å². The predicted octanol–water partition coefficient (Wildman–Crippen LogP) is 3.22. The number of halogens is 1. The van der Waals surface area contributed by atoms with Gasteiger partial charge >= 0.3 is 5.97 Å². The maximum Gasteiger partial charge on any atom is 0.326 e. The van der Waals surface area contributed by atoms with Gasteiger partial charge in [-0.15, -0.1) is 0 Å². The van der Waals surface area contributed by atoms with Crippen LogP contribution in [0.15, 0.2) is 22.7 Å². The fraction of sp³-hybridized carbons (Fsp3) is 0.500. The lowest BCUT2D eigenvalue weighted by Crippen LogP contribution is -2.46. The first-order valence-electron chi connectivity index (χ1n) is 7.89. The van der Waals surface area contributed by atoms with Crippen LogP contribution in [-0.2, 0) is 4.79 Å². The number of benzene rings is 1. The number of likely N-dealkylation sites (tertiary alicyclic amines) is 1. The fourth-order valence-electron chi connectivity index (χ4n) is 3.92. The molecule has 3 atom stereocenters. The zero-order chi connectivity index (χ0) is 17.4. The maximum absolute atomic E-state index is 13.0. The molecule has 0 bridgehead atoms.